The van der Waals surface area contributed by atoms with Gasteiger partial charge in [0, 0.05) is 36.2 Å². The molecule has 1 amide bonds. The zero-order valence-electron chi connectivity index (χ0n) is 14.5. The predicted octanol–water partition coefficient (Wildman–Crippen LogP) is 3.34. The average molecular weight is 403 g/mol. The first-order chi connectivity index (χ1) is 12.1. The lowest BCUT2D eigenvalue weighted by Gasteiger charge is -2.32. The Hall–Kier alpha value is -1.85. The first-order valence-electron chi connectivity index (χ1n) is 8.53. The second-order valence-electron chi connectivity index (χ2n) is 6.39. The summed E-state index contributed by atoms with van der Waals surface area (Å²) in [5.74, 6) is 0.935. The zero-order valence-corrected chi connectivity index (χ0v) is 16.0. The number of nitrogens with zero attached hydrogens (tertiary/aromatic N) is 2. The Morgan fingerprint density at radius 1 is 1.08 bits per heavy atom. The Morgan fingerprint density at radius 2 is 1.80 bits per heavy atom. The lowest BCUT2D eigenvalue weighted by atomic mass is 10.1. The van der Waals surface area contributed by atoms with Crippen LogP contribution in [0.3, 0.4) is 0 Å². The van der Waals surface area contributed by atoms with Crippen molar-refractivity contribution in [3.63, 3.8) is 0 Å². The van der Waals surface area contributed by atoms with Gasteiger partial charge in [-0.3, -0.25) is 4.79 Å². The van der Waals surface area contributed by atoms with Gasteiger partial charge in [0.2, 0.25) is 5.91 Å². The minimum absolute atomic E-state index is 0.163. The number of carbonyl (C=O) groups excluding carboxylic acids is 1. The van der Waals surface area contributed by atoms with Crippen LogP contribution in [-0.2, 0) is 17.8 Å². The van der Waals surface area contributed by atoms with E-state index in [0.29, 0.717) is 13.0 Å². The first-order valence-corrected chi connectivity index (χ1v) is 9.32. The highest BCUT2D eigenvalue weighted by Crippen LogP contribution is 2.25. The van der Waals surface area contributed by atoms with Gasteiger partial charge in [-0.05, 0) is 30.8 Å². The summed E-state index contributed by atoms with van der Waals surface area (Å²) in [6, 6.07) is 15.9. The van der Waals surface area contributed by atoms with Crippen molar-refractivity contribution in [2.24, 2.45) is 0 Å². The van der Waals surface area contributed by atoms with Gasteiger partial charge in [-0.1, -0.05) is 46.3 Å². The van der Waals surface area contributed by atoms with Crippen LogP contribution < -0.4 is 4.74 Å². The summed E-state index contributed by atoms with van der Waals surface area (Å²) < 4.78 is 6.94. The highest BCUT2D eigenvalue weighted by Gasteiger charge is 2.20. The van der Waals surface area contributed by atoms with Crippen LogP contribution in [0.15, 0.2) is 53.0 Å². The summed E-state index contributed by atoms with van der Waals surface area (Å²) in [6.07, 6.45) is 0.368. The van der Waals surface area contributed by atoms with Crippen LogP contribution >= 0.6 is 15.9 Å². The third-order valence-corrected chi connectivity index (χ3v) is 4.95. The highest BCUT2D eigenvalue weighted by molar-refractivity contribution is 9.10. The van der Waals surface area contributed by atoms with Gasteiger partial charge in [-0.15, -0.1) is 0 Å². The standard InChI is InChI=1S/C20H23BrN2O2/c1-22-9-11-23(12-10-22)20(24)14-17-13-18(21)7-8-19(17)25-15-16-5-3-2-4-6-16/h2-8,13H,9-12,14-15H2,1H3. The number of halogens is 1. The maximum Gasteiger partial charge on any atom is 0.227 e. The Morgan fingerprint density at radius 3 is 2.52 bits per heavy atom. The zero-order chi connectivity index (χ0) is 17.6. The van der Waals surface area contributed by atoms with Crippen LogP contribution in [0.5, 0.6) is 5.75 Å². The topological polar surface area (TPSA) is 32.8 Å². The van der Waals surface area contributed by atoms with E-state index < -0.39 is 0 Å². The molecule has 0 saturated carbocycles. The molecule has 0 N–H and O–H groups in total. The Bertz CT molecular complexity index is 713. The van der Waals surface area contributed by atoms with Crippen molar-refractivity contribution in [1.29, 1.82) is 0 Å². The molecular formula is C20H23BrN2O2. The normalized spacial score (nSPS) is 15.2. The summed E-state index contributed by atoms with van der Waals surface area (Å²) in [5.41, 5.74) is 2.04. The number of amides is 1. The Balaban J connectivity index is 1.67. The average Bonchev–Trinajstić information content (AvgIpc) is 2.62. The van der Waals surface area contributed by atoms with Gasteiger partial charge in [-0.2, -0.15) is 0 Å². The molecule has 0 bridgehead atoms. The number of piperazine rings is 1. The maximum absolute atomic E-state index is 12.6. The molecule has 2 aromatic carbocycles. The molecular weight excluding hydrogens is 380 g/mol. The van der Waals surface area contributed by atoms with Gasteiger partial charge < -0.3 is 14.5 Å². The van der Waals surface area contributed by atoms with Crippen molar-refractivity contribution in [3.05, 3.63) is 64.1 Å². The second-order valence-corrected chi connectivity index (χ2v) is 7.30. The highest BCUT2D eigenvalue weighted by atomic mass is 79.9. The molecule has 2 aromatic rings. The fraction of sp³-hybridized carbons (Fsp3) is 0.350. The Labute approximate surface area is 157 Å². The molecule has 0 radical (unpaired) electrons. The van der Waals surface area contributed by atoms with E-state index in [1.54, 1.807) is 0 Å². The van der Waals surface area contributed by atoms with E-state index >= 15 is 0 Å². The van der Waals surface area contributed by atoms with Crippen LogP contribution in [-0.4, -0.2) is 48.9 Å². The van der Waals surface area contributed by atoms with Gasteiger partial charge in [0.25, 0.3) is 0 Å². The molecule has 3 rings (SSSR count). The van der Waals surface area contributed by atoms with Gasteiger partial charge in [0.15, 0.2) is 0 Å². The number of ether oxygens (including phenoxy) is 1. The SMILES string of the molecule is CN1CCN(C(=O)Cc2cc(Br)ccc2OCc2ccccc2)CC1. The van der Waals surface area contributed by atoms with Crippen molar-refractivity contribution in [1.82, 2.24) is 9.80 Å². The predicted molar refractivity (Wildman–Crippen MR) is 103 cm³/mol. The number of rotatable bonds is 5. The van der Waals surface area contributed by atoms with Gasteiger partial charge >= 0.3 is 0 Å². The fourth-order valence-electron chi connectivity index (χ4n) is 2.89. The van der Waals surface area contributed by atoms with Crippen molar-refractivity contribution < 1.29 is 9.53 Å². The molecule has 132 valence electrons. The number of benzene rings is 2. The van der Waals surface area contributed by atoms with Crippen molar-refractivity contribution >= 4 is 21.8 Å². The van der Waals surface area contributed by atoms with Crippen LogP contribution in [0.1, 0.15) is 11.1 Å². The minimum Gasteiger partial charge on any atom is -0.489 e. The Kier molecular flexibility index (Phi) is 6.10. The summed E-state index contributed by atoms with van der Waals surface area (Å²) in [4.78, 5) is 16.8. The number of carbonyl (C=O) groups is 1. The van der Waals surface area contributed by atoms with Crippen molar-refractivity contribution in [2.45, 2.75) is 13.0 Å². The molecule has 25 heavy (non-hydrogen) atoms. The van der Waals surface area contributed by atoms with Gasteiger partial charge in [0.05, 0.1) is 6.42 Å². The van der Waals surface area contributed by atoms with Crippen molar-refractivity contribution in [2.75, 3.05) is 33.2 Å². The molecule has 0 aromatic heterocycles. The number of hydrogen-bond acceptors (Lipinski definition) is 3. The van der Waals surface area contributed by atoms with E-state index in [1.165, 1.54) is 0 Å². The second kappa shape index (κ2) is 8.50. The van der Waals surface area contributed by atoms with Crippen LogP contribution in [0, 0.1) is 0 Å². The molecule has 0 unspecified atom stereocenters. The number of likely N-dealkylation sites (N-methyl/N-ethyl adjacent to an activating group) is 1. The maximum atomic E-state index is 12.6. The lowest BCUT2D eigenvalue weighted by Crippen LogP contribution is -2.47. The molecule has 1 aliphatic rings. The van der Waals surface area contributed by atoms with E-state index in [0.717, 1.165) is 47.5 Å². The molecule has 0 spiro atoms. The van der Waals surface area contributed by atoms with E-state index in [-0.39, 0.29) is 5.91 Å². The molecule has 1 fully saturated rings. The monoisotopic (exact) mass is 402 g/mol. The molecule has 4 nitrogen and oxygen atoms in total. The summed E-state index contributed by atoms with van der Waals surface area (Å²) in [7, 11) is 2.09. The molecule has 5 heteroatoms. The largest absolute Gasteiger partial charge is 0.489 e. The quantitative estimate of drug-likeness (QED) is 0.768. The molecule has 0 atom stereocenters. The molecule has 1 saturated heterocycles. The van der Waals surface area contributed by atoms with E-state index in [9.17, 15) is 4.79 Å². The van der Waals surface area contributed by atoms with Crippen LogP contribution in [0.4, 0.5) is 0 Å². The van der Waals surface area contributed by atoms with E-state index in [1.807, 2.05) is 53.4 Å². The third kappa shape index (κ3) is 5.06. The summed E-state index contributed by atoms with van der Waals surface area (Å²) in [5, 5.41) is 0. The summed E-state index contributed by atoms with van der Waals surface area (Å²) >= 11 is 3.50. The minimum atomic E-state index is 0.163. The summed E-state index contributed by atoms with van der Waals surface area (Å²) in [6.45, 7) is 3.95. The number of hydrogen-bond donors (Lipinski definition) is 0. The smallest absolute Gasteiger partial charge is 0.227 e. The molecule has 1 aliphatic heterocycles. The van der Waals surface area contributed by atoms with E-state index in [4.69, 9.17) is 4.74 Å². The van der Waals surface area contributed by atoms with E-state index in [2.05, 4.69) is 27.9 Å². The third-order valence-electron chi connectivity index (χ3n) is 4.46. The lowest BCUT2D eigenvalue weighted by molar-refractivity contribution is -0.132. The molecule has 1 heterocycles. The van der Waals surface area contributed by atoms with Crippen molar-refractivity contribution in [3.8, 4) is 5.75 Å². The van der Waals surface area contributed by atoms with Gasteiger partial charge in [0.1, 0.15) is 12.4 Å². The molecule has 0 aliphatic carbocycles. The van der Waals surface area contributed by atoms with Crippen LogP contribution in [0.25, 0.3) is 0 Å². The van der Waals surface area contributed by atoms with Gasteiger partial charge in [-0.25, -0.2) is 0 Å². The first kappa shape index (κ1) is 18.0. The van der Waals surface area contributed by atoms with Crippen LogP contribution in [0.2, 0.25) is 0 Å². The fourth-order valence-corrected chi connectivity index (χ4v) is 3.30.